The highest BCUT2D eigenvalue weighted by Crippen LogP contribution is 2.14. The molecule has 1 saturated heterocycles. The lowest BCUT2D eigenvalue weighted by Crippen LogP contribution is -2.35. The van der Waals surface area contributed by atoms with Crippen LogP contribution < -0.4 is 10.6 Å². The quantitative estimate of drug-likeness (QED) is 0.876. The largest absolute Gasteiger partial charge is 0.376 e. The molecule has 0 aliphatic carbocycles. The molecule has 0 aromatic carbocycles. The summed E-state index contributed by atoms with van der Waals surface area (Å²) in [7, 11) is 0. The van der Waals surface area contributed by atoms with Gasteiger partial charge in [-0.2, -0.15) is 5.10 Å². The molecule has 6 heteroatoms. The lowest BCUT2D eigenvalue weighted by atomic mass is 10.2. The number of hydrogen-bond donors (Lipinski definition) is 2. The Labute approximate surface area is 113 Å². The van der Waals surface area contributed by atoms with Gasteiger partial charge in [-0.25, -0.2) is 4.79 Å². The fraction of sp³-hybridized carbons (Fsp3) is 0.692. The average molecular weight is 266 g/mol. The standard InChI is InChI=1S/C13H22N4O2/c1-9(2)17-10(3)7-12(16-17)15-13(18)14-8-11-5-4-6-19-11/h7,9,11H,4-6,8H2,1-3H3,(H2,14,15,16,18)/t11-/m1/s1. The van der Waals surface area contributed by atoms with Gasteiger partial charge in [0.1, 0.15) is 0 Å². The molecule has 1 aromatic heterocycles. The number of aryl methyl sites for hydroxylation is 1. The maximum atomic E-state index is 11.7. The first-order valence-corrected chi connectivity index (χ1v) is 6.79. The number of amides is 2. The van der Waals surface area contributed by atoms with E-state index in [1.807, 2.05) is 17.7 Å². The number of anilines is 1. The number of aromatic nitrogens is 2. The summed E-state index contributed by atoms with van der Waals surface area (Å²) >= 11 is 0. The Kier molecular flexibility index (Phi) is 4.42. The maximum Gasteiger partial charge on any atom is 0.320 e. The number of hydrogen-bond acceptors (Lipinski definition) is 3. The number of carbonyl (C=O) groups is 1. The Morgan fingerprint density at radius 1 is 1.63 bits per heavy atom. The predicted molar refractivity (Wildman–Crippen MR) is 73.3 cm³/mol. The zero-order chi connectivity index (χ0) is 13.8. The molecule has 0 unspecified atom stereocenters. The van der Waals surface area contributed by atoms with E-state index >= 15 is 0 Å². The second-order valence-corrected chi connectivity index (χ2v) is 5.18. The molecule has 0 spiro atoms. The van der Waals surface area contributed by atoms with Crippen molar-refractivity contribution >= 4 is 11.8 Å². The van der Waals surface area contributed by atoms with Crippen LogP contribution in [-0.4, -0.2) is 35.1 Å². The van der Waals surface area contributed by atoms with Gasteiger partial charge in [0.05, 0.1) is 6.10 Å². The summed E-state index contributed by atoms with van der Waals surface area (Å²) < 4.78 is 7.33. The highest BCUT2D eigenvalue weighted by Gasteiger charge is 2.16. The molecule has 1 aliphatic rings. The zero-order valence-corrected chi connectivity index (χ0v) is 11.8. The molecular formula is C13H22N4O2. The van der Waals surface area contributed by atoms with Crippen molar-refractivity contribution < 1.29 is 9.53 Å². The van der Waals surface area contributed by atoms with Crippen molar-refractivity contribution in [2.75, 3.05) is 18.5 Å². The predicted octanol–water partition coefficient (Wildman–Crippen LogP) is 2.07. The van der Waals surface area contributed by atoms with Crippen LogP contribution in [0.2, 0.25) is 0 Å². The van der Waals surface area contributed by atoms with Gasteiger partial charge in [-0.1, -0.05) is 0 Å². The van der Waals surface area contributed by atoms with Crippen LogP contribution in [0.4, 0.5) is 10.6 Å². The van der Waals surface area contributed by atoms with Gasteiger partial charge in [0.2, 0.25) is 0 Å². The van der Waals surface area contributed by atoms with Gasteiger partial charge in [-0.05, 0) is 33.6 Å². The summed E-state index contributed by atoms with van der Waals surface area (Å²) in [6.45, 7) is 7.44. The van der Waals surface area contributed by atoms with Gasteiger partial charge in [0, 0.05) is 31.0 Å². The summed E-state index contributed by atoms with van der Waals surface area (Å²) in [4.78, 5) is 11.7. The fourth-order valence-corrected chi connectivity index (χ4v) is 2.24. The average Bonchev–Trinajstić information content (AvgIpc) is 2.96. The molecule has 2 heterocycles. The van der Waals surface area contributed by atoms with Crippen molar-refractivity contribution in [3.63, 3.8) is 0 Å². The summed E-state index contributed by atoms with van der Waals surface area (Å²) in [5.74, 6) is 0.580. The van der Waals surface area contributed by atoms with Gasteiger partial charge in [-0.15, -0.1) is 0 Å². The lowest BCUT2D eigenvalue weighted by molar-refractivity contribution is 0.112. The van der Waals surface area contributed by atoms with Crippen LogP contribution in [0.15, 0.2) is 6.07 Å². The van der Waals surface area contributed by atoms with Crippen LogP contribution in [0.1, 0.15) is 38.4 Å². The first-order valence-electron chi connectivity index (χ1n) is 6.79. The molecule has 2 N–H and O–H groups in total. The number of nitrogens with one attached hydrogen (secondary N) is 2. The third-order valence-electron chi connectivity index (χ3n) is 3.17. The molecule has 1 atom stereocenters. The normalized spacial score (nSPS) is 18.8. The van der Waals surface area contributed by atoms with Crippen molar-refractivity contribution in [3.8, 4) is 0 Å². The summed E-state index contributed by atoms with van der Waals surface area (Å²) in [6, 6.07) is 1.92. The fourth-order valence-electron chi connectivity index (χ4n) is 2.24. The summed E-state index contributed by atoms with van der Waals surface area (Å²) in [6.07, 6.45) is 2.24. The number of carbonyl (C=O) groups excluding carboxylic acids is 1. The van der Waals surface area contributed by atoms with Gasteiger partial charge in [0.25, 0.3) is 0 Å². The molecule has 0 saturated carbocycles. The third-order valence-corrected chi connectivity index (χ3v) is 3.17. The van der Waals surface area contributed by atoms with Crippen LogP contribution in [0.5, 0.6) is 0 Å². The molecule has 0 radical (unpaired) electrons. The Hall–Kier alpha value is -1.56. The minimum atomic E-state index is -0.232. The van der Waals surface area contributed by atoms with Crippen molar-refractivity contribution in [1.82, 2.24) is 15.1 Å². The summed E-state index contributed by atoms with van der Waals surface area (Å²) in [5, 5.41) is 9.89. The van der Waals surface area contributed by atoms with Crippen LogP contribution in [-0.2, 0) is 4.74 Å². The number of nitrogens with zero attached hydrogens (tertiary/aromatic N) is 2. The summed E-state index contributed by atoms with van der Waals surface area (Å²) in [5.41, 5.74) is 1.03. The number of rotatable bonds is 4. The van der Waals surface area contributed by atoms with Crippen LogP contribution in [0.25, 0.3) is 0 Å². The smallest absolute Gasteiger partial charge is 0.320 e. The number of urea groups is 1. The van der Waals surface area contributed by atoms with E-state index in [0.29, 0.717) is 12.4 Å². The molecule has 106 valence electrons. The zero-order valence-electron chi connectivity index (χ0n) is 11.8. The SMILES string of the molecule is Cc1cc(NC(=O)NC[C@H]2CCCO2)nn1C(C)C. The van der Waals surface area contributed by atoms with E-state index < -0.39 is 0 Å². The van der Waals surface area contributed by atoms with Gasteiger partial charge in [0.15, 0.2) is 5.82 Å². The van der Waals surface area contributed by atoms with Crippen molar-refractivity contribution in [3.05, 3.63) is 11.8 Å². The first-order chi connectivity index (χ1) is 9.06. The molecule has 1 aromatic rings. The highest BCUT2D eigenvalue weighted by atomic mass is 16.5. The maximum absolute atomic E-state index is 11.7. The lowest BCUT2D eigenvalue weighted by Gasteiger charge is -2.10. The molecular weight excluding hydrogens is 244 g/mol. The van der Waals surface area contributed by atoms with E-state index in [1.54, 1.807) is 0 Å². The Bertz CT molecular complexity index is 436. The molecule has 19 heavy (non-hydrogen) atoms. The topological polar surface area (TPSA) is 68.2 Å². The molecule has 2 amide bonds. The van der Waals surface area contributed by atoms with Crippen molar-refractivity contribution in [1.29, 1.82) is 0 Å². The minimum absolute atomic E-state index is 0.153. The highest BCUT2D eigenvalue weighted by molar-refractivity contribution is 5.88. The third kappa shape index (κ3) is 3.70. The van der Waals surface area contributed by atoms with E-state index in [2.05, 4.69) is 29.6 Å². The minimum Gasteiger partial charge on any atom is -0.376 e. The van der Waals surface area contributed by atoms with Gasteiger partial charge in [-0.3, -0.25) is 10.00 Å². The van der Waals surface area contributed by atoms with Crippen LogP contribution in [0, 0.1) is 6.92 Å². The van der Waals surface area contributed by atoms with E-state index in [1.165, 1.54) is 0 Å². The monoisotopic (exact) mass is 266 g/mol. The molecule has 1 aliphatic heterocycles. The van der Waals surface area contributed by atoms with Crippen LogP contribution in [0.3, 0.4) is 0 Å². The first kappa shape index (κ1) is 13.9. The van der Waals surface area contributed by atoms with E-state index in [4.69, 9.17) is 4.74 Å². The van der Waals surface area contributed by atoms with Crippen LogP contribution >= 0.6 is 0 Å². The van der Waals surface area contributed by atoms with Gasteiger partial charge >= 0.3 is 6.03 Å². The van der Waals surface area contributed by atoms with Crippen molar-refractivity contribution in [2.24, 2.45) is 0 Å². The molecule has 6 nitrogen and oxygen atoms in total. The molecule has 2 rings (SSSR count). The van der Waals surface area contributed by atoms with Crippen molar-refractivity contribution in [2.45, 2.75) is 45.8 Å². The van der Waals surface area contributed by atoms with E-state index in [-0.39, 0.29) is 18.2 Å². The Balaban J connectivity index is 1.82. The van der Waals surface area contributed by atoms with Gasteiger partial charge < -0.3 is 10.1 Å². The second kappa shape index (κ2) is 6.06. The van der Waals surface area contributed by atoms with E-state index in [0.717, 1.165) is 25.1 Å². The Morgan fingerprint density at radius 3 is 3.00 bits per heavy atom. The molecule has 0 bridgehead atoms. The van der Waals surface area contributed by atoms with E-state index in [9.17, 15) is 4.79 Å². The second-order valence-electron chi connectivity index (χ2n) is 5.18. The molecule has 1 fully saturated rings. The number of ether oxygens (including phenoxy) is 1. The Morgan fingerprint density at radius 2 is 2.42 bits per heavy atom.